The molecule has 0 spiro atoms. The number of allylic oxidation sites excluding steroid dienone is 2. The Balaban J connectivity index is 0.000000615. The molecule has 0 bridgehead atoms. The van der Waals surface area contributed by atoms with Gasteiger partial charge < -0.3 is 21.1 Å². The molecule has 1 aliphatic carbocycles. The van der Waals surface area contributed by atoms with Crippen LogP contribution in [0.4, 0.5) is 0 Å². The first-order valence-electron chi connectivity index (χ1n) is 8.40. The summed E-state index contributed by atoms with van der Waals surface area (Å²) < 4.78 is 5.73. The summed E-state index contributed by atoms with van der Waals surface area (Å²) in [6.07, 6.45) is 0.442. The molecule has 0 radical (unpaired) electrons. The number of benzene rings is 1. The SMILES string of the molecule is CC.CC.NCc1ccc2c(c1)CN(C1=C(N)C(=O)C1)CCO2. The maximum atomic E-state index is 11.3. The molecule has 1 aliphatic heterocycles. The first kappa shape index (κ1) is 19.0. The number of rotatable bonds is 2. The summed E-state index contributed by atoms with van der Waals surface area (Å²) in [5, 5.41) is 0. The average molecular weight is 319 g/mol. The van der Waals surface area contributed by atoms with Gasteiger partial charge in [-0.3, -0.25) is 4.79 Å². The van der Waals surface area contributed by atoms with Gasteiger partial charge in [-0.15, -0.1) is 0 Å². The number of ether oxygens (including phenoxy) is 1. The van der Waals surface area contributed by atoms with Crippen molar-refractivity contribution >= 4 is 5.78 Å². The lowest BCUT2D eigenvalue weighted by atomic mass is 9.97. The highest BCUT2D eigenvalue weighted by atomic mass is 16.5. The Morgan fingerprint density at radius 1 is 1.22 bits per heavy atom. The molecule has 128 valence electrons. The minimum Gasteiger partial charge on any atom is -0.491 e. The van der Waals surface area contributed by atoms with Gasteiger partial charge in [0.1, 0.15) is 12.4 Å². The smallest absolute Gasteiger partial charge is 0.186 e. The van der Waals surface area contributed by atoms with Crippen LogP contribution in [0.3, 0.4) is 0 Å². The van der Waals surface area contributed by atoms with Crippen molar-refractivity contribution in [3.63, 3.8) is 0 Å². The highest BCUT2D eigenvalue weighted by Gasteiger charge is 2.30. The van der Waals surface area contributed by atoms with Crippen LogP contribution in [-0.2, 0) is 17.9 Å². The van der Waals surface area contributed by atoms with Crippen LogP contribution >= 0.6 is 0 Å². The zero-order chi connectivity index (χ0) is 17.4. The summed E-state index contributed by atoms with van der Waals surface area (Å²) in [7, 11) is 0. The molecule has 1 heterocycles. The van der Waals surface area contributed by atoms with E-state index in [0.717, 1.165) is 29.1 Å². The lowest BCUT2D eigenvalue weighted by Gasteiger charge is -2.31. The average Bonchev–Trinajstić information content (AvgIpc) is 2.83. The molecule has 1 aromatic rings. The lowest BCUT2D eigenvalue weighted by molar-refractivity contribution is -0.117. The van der Waals surface area contributed by atoms with Gasteiger partial charge in [0.25, 0.3) is 0 Å². The van der Waals surface area contributed by atoms with Crippen LogP contribution in [-0.4, -0.2) is 23.8 Å². The monoisotopic (exact) mass is 319 g/mol. The molecule has 0 fully saturated rings. The fourth-order valence-corrected chi connectivity index (χ4v) is 2.48. The fraction of sp³-hybridized carbons (Fsp3) is 0.500. The molecule has 0 unspecified atom stereocenters. The third-order valence-electron chi connectivity index (χ3n) is 3.66. The first-order valence-corrected chi connectivity index (χ1v) is 8.40. The van der Waals surface area contributed by atoms with Crippen molar-refractivity contribution in [2.45, 2.75) is 47.2 Å². The van der Waals surface area contributed by atoms with Crippen LogP contribution in [0.25, 0.3) is 0 Å². The Morgan fingerprint density at radius 2 is 1.91 bits per heavy atom. The normalized spacial score (nSPS) is 15.9. The molecule has 3 rings (SSSR count). The number of ketones is 1. The van der Waals surface area contributed by atoms with Gasteiger partial charge in [-0.25, -0.2) is 0 Å². The number of carbonyl (C=O) groups is 1. The molecule has 23 heavy (non-hydrogen) atoms. The van der Waals surface area contributed by atoms with E-state index in [1.54, 1.807) is 0 Å². The van der Waals surface area contributed by atoms with Crippen LogP contribution in [0.5, 0.6) is 5.75 Å². The van der Waals surface area contributed by atoms with Crippen molar-refractivity contribution in [2.75, 3.05) is 13.2 Å². The summed E-state index contributed by atoms with van der Waals surface area (Å²) in [5.41, 5.74) is 14.9. The lowest BCUT2D eigenvalue weighted by Crippen LogP contribution is -2.37. The predicted molar refractivity (Wildman–Crippen MR) is 93.8 cm³/mol. The Bertz CT molecular complexity index is 567. The predicted octanol–water partition coefficient (Wildman–Crippen LogP) is 2.54. The standard InChI is InChI=1S/C14H17N3O2.2C2H6/c15-7-9-1-2-13-10(5-9)8-17(3-4-19-13)11-6-12(18)14(11)16;2*1-2/h1-2,5H,3-4,6-8,15-16H2;2*1-2H3. The van der Waals surface area contributed by atoms with Crippen LogP contribution in [0.1, 0.15) is 45.2 Å². The van der Waals surface area contributed by atoms with Crippen LogP contribution in [0.15, 0.2) is 29.6 Å². The largest absolute Gasteiger partial charge is 0.491 e. The molecular formula is C18H29N3O2. The van der Waals surface area contributed by atoms with E-state index in [4.69, 9.17) is 16.2 Å². The molecule has 5 heteroatoms. The Hall–Kier alpha value is -2.01. The number of hydrogen-bond acceptors (Lipinski definition) is 5. The molecule has 1 aromatic carbocycles. The summed E-state index contributed by atoms with van der Waals surface area (Å²) in [4.78, 5) is 13.4. The number of nitrogens with two attached hydrogens (primary N) is 2. The second kappa shape index (κ2) is 9.20. The van der Waals surface area contributed by atoms with Gasteiger partial charge in [0, 0.05) is 24.4 Å². The molecule has 4 N–H and O–H groups in total. The molecule has 0 saturated carbocycles. The topological polar surface area (TPSA) is 81.6 Å². The number of nitrogens with zero attached hydrogens (tertiary/aromatic N) is 1. The van der Waals surface area contributed by atoms with Crippen molar-refractivity contribution in [3.05, 3.63) is 40.7 Å². The third-order valence-corrected chi connectivity index (χ3v) is 3.66. The highest BCUT2D eigenvalue weighted by molar-refractivity contribution is 6.03. The molecule has 2 aliphatic rings. The van der Waals surface area contributed by atoms with E-state index in [1.165, 1.54) is 0 Å². The molecule has 0 atom stereocenters. The molecule has 0 amide bonds. The Kier molecular flexibility index (Phi) is 7.62. The quantitative estimate of drug-likeness (QED) is 0.875. The maximum absolute atomic E-state index is 11.3. The number of hydrogen-bond donors (Lipinski definition) is 2. The maximum Gasteiger partial charge on any atom is 0.186 e. The highest BCUT2D eigenvalue weighted by Crippen LogP contribution is 2.30. The van der Waals surface area contributed by atoms with Gasteiger partial charge in [-0.05, 0) is 17.7 Å². The number of carbonyl (C=O) groups excluding carboxylic acids is 1. The first-order chi connectivity index (χ1) is 11.2. The summed E-state index contributed by atoms with van der Waals surface area (Å²) in [5.74, 6) is 0.931. The number of Topliss-reactive ketones (excluding diaryl/α,β-unsaturated/α-hetero) is 1. The summed E-state index contributed by atoms with van der Waals surface area (Å²) in [6, 6.07) is 6.00. The van der Waals surface area contributed by atoms with Crippen LogP contribution in [0, 0.1) is 0 Å². The molecule has 5 nitrogen and oxygen atoms in total. The van der Waals surface area contributed by atoms with Crippen molar-refractivity contribution in [1.29, 1.82) is 0 Å². The van der Waals surface area contributed by atoms with E-state index in [2.05, 4.69) is 11.0 Å². The Morgan fingerprint density at radius 3 is 2.48 bits per heavy atom. The van der Waals surface area contributed by atoms with Crippen molar-refractivity contribution in [3.8, 4) is 5.75 Å². The van der Waals surface area contributed by atoms with Crippen molar-refractivity contribution in [2.24, 2.45) is 11.5 Å². The second-order valence-corrected chi connectivity index (χ2v) is 4.88. The summed E-state index contributed by atoms with van der Waals surface area (Å²) in [6.45, 7) is 10.6. The van der Waals surface area contributed by atoms with E-state index in [1.807, 2.05) is 39.8 Å². The molecule has 0 saturated heterocycles. The second-order valence-electron chi connectivity index (χ2n) is 4.88. The van der Waals surface area contributed by atoms with Crippen molar-refractivity contribution in [1.82, 2.24) is 4.90 Å². The van der Waals surface area contributed by atoms with Gasteiger partial charge in [0.2, 0.25) is 0 Å². The zero-order valence-corrected chi connectivity index (χ0v) is 14.7. The van der Waals surface area contributed by atoms with E-state index in [0.29, 0.717) is 31.8 Å². The van der Waals surface area contributed by atoms with Gasteiger partial charge in [-0.1, -0.05) is 33.8 Å². The minimum atomic E-state index is 0.0381. The van der Waals surface area contributed by atoms with Gasteiger partial charge in [0.05, 0.1) is 18.7 Å². The Labute approximate surface area is 139 Å². The van der Waals surface area contributed by atoms with Crippen molar-refractivity contribution < 1.29 is 9.53 Å². The van der Waals surface area contributed by atoms with E-state index >= 15 is 0 Å². The van der Waals surface area contributed by atoms with Gasteiger partial charge in [-0.2, -0.15) is 0 Å². The van der Waals surface area contributed by atoms with E-state index < -0.39 is 0 Å². The van der Waals surface area contributed by atoms with Crippen LogP contribution < -0.4 is 16.2 Å². The molecule has 0 aromatic heterocycles. The molecular weight excluding hydrogens is 290 g/mol. The third kappa shape index (κ3) is 4.26. The zero-order valence-electron chi connectivity index (χ0n) is 14.7. The summed E-state index contributed by atoms with van der Waals surface area (Å²) >= 11 is 0. The van der Waals surface area contributed by atoms with Crippen LogP contribution in [0.2, 0.25) is 0 Å². The van der Waals surface area contributed by atoms with E-state index in [9.17, 15) is 4.79 Å². The number of fused-ring (bicyclic) bond motifs is 1. The van der Waals surface area contributed by atoms with Gasteiger partial charge in [0.15, 0.2) is 5.78 Å². The minimum absolute atomic E-state index is 0.0381. The fourth-order valence-electron chi connectivity index (χ4n) is 2.48. The van der Waals surface area contributed by atoms with Gasteiger partial charge >= 0.3 is 0 Å². The van der Waals surface area contributed by atoms with E-state index in [-0.39, 0.29) is 5.78 Å².